The number of hydrogen-bond acceptors (Lipinski definition) is 2. The first-order chi connectivity index (χ1) is 10.5. The number of hydrazone groups is 1. The highest BCUT2D eigenvalue weighted by molar-refractivity contribution is 5.90. The zero-order chi connectivity index (χ0) is 15.9. The molecule has 2 aromatic rings. The Hall–Kier alpha value is -2.62. The molecule has 4 heteroatoms. The Kier molecular flexibility index (Phi) is 5.31. The van der Waals surface area contributed by atoms with E-state index in [1.807, 2.05) is 43.3 Å². The summed E-state index contributed by atoms with van der Waals surface area (Å²) in [5.41, 5.74) is 6.51. The van der Waals surface area contributed by atoms with Gasteiger partial charge < -0.3 is 5.32 Å². The lowest BCUT2D eigenvalue weighted by atomic mass is 10.0. The summed E-state index contributed by atoms with van der Waals surface area (Å²) in [6.07, 6.45) is 1.62. The van der Waals surface area contributed by atoms with Gasteiger partial charge in [-0.3, -0.25) is 0 Å². The number of benzene rings is 2. The monoisotopic (exact) mass is 295 g/mol. The lowest BCUT2D eigenvalue weighted by Crippen LogP contribution is -2.24. The summed E-state index contributed by atoms with van der Waals surface area (Å²) in [7, 11) is 0. The molecule has 2 aromatic carbocycles. The number of anilines is 1. The van der Waals surface area contributed by atoms with Crippen LogP contribution >= 0.6 is 0 Å². The number of rotatable bonds is 4. The number of urea groups is 1. The van der Waals surface area contributed by atoms with Crippen LogP contribution in [0.5, 0.6) is 0 Å². The molecule has 0 aliphatic rings. The van der Waals surface area contributed by atoms with Gasteiger partial charge in [0, 0.05) is 5.69 Å². The number of aryl methyl sites for hydroxylation is 1. The van der Waals surface area contributed by atoms with Crippen molar-refractivity contribution in [1.82, 2.24) is 5.43 Å². The first-order valence-corrected chi connectivity index (χ1v) is 7.31. The molecule has 0 bridgehead atoms. The minimum absolute atomic E-state index is 0.361. The van der Waals surface area contributed by atoms with Crippen molar-refractivity contribution in [3.05, 3.63) is 65.2 Å². The van der Waals surface area contributed by atoms with Gasteiger partial charge in [0.15, 0.2) is 0 Å². The molecule has 0 heterocycles. The Balaban J connectivity index is 1.87. The molecule has 0 saturated heterocycles. The number of carbonyl (C=O) groups excluding carboxylic acids is 1. The van der Waals surface area contributed by atoms with Gasteiger partial charge in [-0.25, -0.2) is 10.2 Å². The van der Waals surface area contributed by atoms with Gasteiger partial charge in [-0.1, -0.05) is 50.2 Å². The predicted octanol–water partition coefficient (Wildman–Crippen LogP) is 4.27. The lowest BCUT2D eigenvalue weighted by molar-refractivity contribution is 0.252. The van der Waals surface area contributed by atoms with Crippen LogP contribution in [0.15, 0.2) is 53.6 Å². The van der Waals surface area contributed by atoms with E-state index in [0.29, 0.717) is 5.92 Å². The van der Waals surface area contributed by atoms with Crippen LogP contribution in [0.2, 0.25) is 0 Å². The maximum absolute atomic E-state index is 11.7. The Labute approximate surface area is 131 Å². The second-order valence-electron chi connectivity index (χ2n) is 5.51. The molecular weight excluding hydrogens is 274 g/mol. The Morgan fingerprint density at radius 3 is 2.50 bits per heavy atom. The van der Waals surface area contributed by atoms with Crippen LogP contribution in [0.1, 0.15) is 36.5 Å². The molecule has 2 N–H and O–H groups in total. The Morgan fingerprint density at radius 1 is 1.14 bits per heavy atom. The molecule has 22 heavy (non-hydrogen) atoms. The van der Waals surface area contributed by atoms with Crippen LogP contribution in [-0.4, -0.2) is 12.2 Å². The average Bonchev–Trinajstić information content (AvgIpc) is 2.47. The van der Waals surface area contributed by atoms with Gasteiger partial charge in [0.05, 0.1) is 6.21 Å². The number of amides is 2. The fraction of sp³-hybridized carbons (Fsp3) is 0.222. The molecule has 0 aromatic heterocycles. The number of nitrogens with zero attached hydrogens (tertiary/aromatic N) is 1. The van der Waals surface area contributed by atoms with E-state index in [2.05, 4.69) is 41.8 Å². The normalized spacial score (nSPS) is 10.9. The molecule has 0 aliphatic carbocycles. The molecule has 2 amide bonds. The first-order valence-electron chi connectivity index (χ1n) is 7.31. The smallest absolute Gasteiger partial charge is 0.307 e. The summed E-state index contributed by atoms with van der Waals surface area (Å²) in [6, 6.07) is 15.3. The molecule has 0 spiro atoms. The molecule has 2 rings (SSSR count). The Morgan fingerprint density at radius 2 is 1.86 bits per heavy atom. The van der Waals surface area contributed by atoms with E-state index in [4.69, 9.17) is 0 Å². The fourth-order valence-electron chi connectivity index (χ4n) is 2.01. The lowest BCUT2D eigenvalue weighted by Gasteiger charge is -2.05. The van der Waals surface area contributed by atoms with E-state index < -0.39 is 0 Å². The van der Waals surface area contributed by atoms with Gasteiger partial charge in [-0.15, -0.1) is 0 Å². The third-order valence-corrected chi connectivity index (χ3v) is 3.26. The van der Waals surface area contributed by atoms with Gasteiger partial charge in [0.1, 0.15) is 0 Å². The van der Waals surface area contributed by atoms with E-state index in [1.165, 1.54) is 5.56 Å². The second kappa shape index (κ2) is 7.41. The summed E-state index contributed by atoms with van der Waals surface area (Å²) < 4.78 is 0. The van der Waals surface area contributed by atoms with Crippen molar-refractivity contribution < 1.29 is 4.79 Å². The van der Waals surface area contributed by atoms with Crippen molar-refractivity contribution in [3.8, 4) is 0 Å². The Bertz CT molecular complexity index is 660. The van der Waals surface area contributed by atoms with Gasteiger partial charge >= 0.3 is 6.03 Å². The van der Waals surface area contributed by atoms with Crippen LogP contribution in [0.4, 0.5) is 10.5 Å². The largest absolute Gasteiger partial charge is 0.339 e. The second-order valence-corrected chi connectivity index (χ2v) is 5.51. The van der Waals surface area contributed by atoms with Gasteiger partial charge in [-0.05, 0) is 41.7 Å². The van der Waals surface area contributed by atoms with E-state index in [9.17, 15) is 4.79 Å². The number of carbonyl (C=O) groups is 1. The maximum Gasteiger partial charge on any atom is 0.339 e. The van der Waals surface area contributed by atoms with Crippen molar-refractivity contribution in [2.45, 2.75) is 26.7 Å². The summed E-state index contributed by atoms with van der Waals surface area (Å²) in [4.78, 5) is 11.7. The van der Waals surface area contributed by atoms with Crippen LogP contribution in [0, 0.1) is 6.92 Å². The maximum atomic E-state index is 11.7. The third kappa shape index (κ3) is 4.74. The van der Waals surface area contributed by atoms with E-state index in [-0.39, 0.29) is 6.03 Å². The zero-order valence-corrected chi connectivity index (χ0v) is 13.1. The average molecular weight is 295 g/mol. The standard InChI is InChI=1S/C18H21N3O/c1-13(2)16-9-7-15(8-10-16)12-19-21-18(22)20-17-6-4-5-14(3)11-17/h4-13H,1-3H3,(H2,20,21,22)/b19-12+. The minimum atomic E-state index is -0.361. The summed E-state index contributed by atoms with van der Waals surface area (Å²) in [5, 5.41) is 6.68. The molecule has 4 nitrogen and oxygen atoms in total. The summed E-state index contributed by atoms with van der Waals surface area (Å²) in [5.74, 6) is 0.504. The van der Waals surface area contributed by atoms with Gasteiger partial charge in [0.25, 0.3) is 0 Å². The molecule has 0 atom stereocenters. The predicted molar refractivity (Wildman–Crippen MR) is 91.5 cm³/mol. The van der Waals surface area contributed by atoms with Crippen molar-refractivity contribution in [1.29, 1.82) is 0 Å². The highest BCUT2D eigenvalue weighted by atomic mass is 16.2. The summed E-state index contributed by atoms with van der Waals surface area (Å²) in [6.45, 7) is 6.28. The highest BCUT2D eigenvalue weighted by Gasteiger charge is 2.00. The quantitative estimate of drug-likeness (QED) is 0.642. The third-order valence-electron chi connectivity index (χ3n) is 3.26. The van der Waals surface area contributed by atoms with E-state index >= 15 is 0 Å². The van der Waals surface area contributed by atoms with Crippen molar-refractivity contribution in [2.24, 2.45) is 5.10 Å². The minimum Gasteiger partial charge on any atom is -0.307 e. The zero-order valence-electron chi connectivity index (χ0n) is 13.1. The fourth-order valence-corrected chi connectivity index (χ4v) is 2.01. The van der Waals surface area contributed by atoms with Crippen molar-refractivity contribution >= 4 is 17.9 Å². The number of nitrogens with one attached hydrogen (secondary N) is 2. The SMILES string of the molecule is Cc1cccc(NC(=O)N/N=C/c2ccc(C(C)C)cc2)c1. The summed E-state index contributed by atoms with van der Waals surface area (Å²) >= 11 is 0. The van der Waals surface area contributed by atoms with Crippen LogP contribution < -0.4 is 10.7 Å². The molecule has 0 saturated carbocycles. The molecule has 0 fully saturated rings. The molecule has 0 aliphatic heterocycles. The van der Waals surface area contributed by atoms with E-state index in [1.54, 1.807) is 6.21 Å². The number of hydrogen-bond donors (Lipinski definition) is 2. The van der Waals surface area contributed by atoms with Gasteiger partial charge in [0.2, 0.25) is 0 Å². The van der Waals surface area contributed by atoms with Crippen molar-refractivity contribution in [2.75, 3.05) is 5.32 Å². The topological polar surface area (TPSA) is 53.5 Å². The highest BCUT2D eigenvalue weighted by Crippen LogP contribution is 2.13. The molecule has 114 valence electrons. The van der Waals surface area contributed by atoms with E-state index in [0.717, 1.165) is 16.8 Å². The molecule has 0 radical (unpaired) electrons. The molecule has 0 unspecified atom stereocenters. The molecular formula is C18H21N3O. The van der Waals surface area contributed by atoms with Crippen LogP contribution in [0.25, 0.3) is 0 Å². The van der Waals surface area contributed by atoms with Crippen molar-refractivity contribution in [3.63, 3.8) is 0 Å². The first kappa shape index (κ1) is 15.8. The van der Waals surface area contributed by atoms with Gasteiger partial charge in [-0.2, -0.15) is 5.10 Å². The van der Waals surface area contributed by atoms with Crippen LogP contribution in [-0.2, 0) is 0 Å². The van der Waals surface area contributed by atoms with Crippen LogP contribution in [0.3, 0.4) is 0 Å².